The number of thiophene rings is 1. The zero-order valence-electron chi connectivity index (χ0n) is 11.8. The molecule has 0 saturated heterocycles. The predicted molar refractivity (Wildman–Crippen MR) is 81.7 cm³/mol. The smallest absolute Gasteiger partial charge is 0.192 e. The number of aliphatic imine (C=N–C) groups is 1. The molecule has 3 heterocycles. The molecule has 0 spiro atoms. The van der Waals surface area contributed by atoms with Gasteiger partial charge in [-0.2, -0.15) is 5.10 Å². The van der Waals surface area contributed by atoms with Crippen LogP contribution >= 0.6 is 11.3 Å². The number of nitrogens with zero attached hydrogens (tertiary/aromatic N) is 4. The first-order valence-electron chi connectivity index (χ1n) is 6.80. The van der Waals surface area contributed by atoms with Crippen LogP contribution in [0.25, 0.3) is 0 Å². The Balaban J connectivity index is 1.88. The van der Waals surface area contributed by atoms with Crippen molar-refractivity contribution >= 4 is 17.3 Å². The van der Waals surface area contributed by atoms with Crippen molar-refractivity contribution in [2.24, 2.45) is 17.8 Å². The monoisotopic (exact) mass is 289 g/mol. The second-order valence-corrected chi connectivity index (χ2v) is 6.01. The number of nitrogens with two attached hydrogens (primary N) is 1. The van der Waals surface area contributed by atoms with Gasteiger partial charge in [-0.25, -0.2) is 0 Å². The zero-order valence-corrected chi connectivity index (χ0v) is 12.6. The van der Waals surface area contributed by atoms with Crippen molar-refractivity contribution in [3.05, 3.63) is 39.8 Å². The Morgan fingerprint density at radius 3 is 3.05 bits per heavy atom. The molecule has 0 bridgehead atoms. The molecule has 0 radical (unpaired) electrons. The highest BCUT2D eigenvalue weighted by Gasteiger charge is 2.30. The summed E-state index contributed by atoms with van der Waals surface area (Å²) in [6.07, 6.45) is 3.03. The Hall–Kier alpha value is -1.82. The molecule has 1 aliphatic heterocycles. The van der Waals surface area contributed by atoms with Gasteiger partial charge in [0.15, 0.2) is 5.96 Å². The zero-order chi connectivity index (χ0) is 14.1. The minimum Gasteiger partial charge on any atom is -0.370 e. The molecular weight excluding hydrogens is 270 g/mol. The fourth-order valence-corrected chi connectivity index (χ4v) is 3.37. The van der Waals surface area contributed by atoms with Gasteiger partial charge in [-0.15, -0.1) is 11.3 Å². The molecule has 1 unspecified atom stereocenters. The summed E-state index contributed by atoms with van der Waals surface area (Å²) in [5.41, 5.74) is 8.46. The fourth-order valence-electron chi connectivity index (χ4n) is 2.66. The van der Waals surface area contributed by atoms with E-state index < -0.39 is 0 Å². The van der Waals surface area contributed by atoms with Crippen molar-refractivity contribution < 1.29 is 0 Å². The summed E-state index contributed by atoms with van der Waals surface area (Å²) in [5, 5.41) is 6.62. The summed E-state index contributed by atoms with van der Waals surface area (Å²) in [5.74, 6) is 0.634. The number of aryl methyl sites for hydroxylation is 2. The molecule has 1 aliphatic rings. The lowest BCUT2D eigenvalue weighted by Crippen LogP contribution is -2.35. The fraction of sp³-hybridized carbons (Fsp3) is 0.429. The third-order valence-electron chi connectivity index (χ3n) is 3.63. The van der Waals surface area contributed by atoms with Crippen molar-refractivity contribution in [2.45, 2.75) is 25.9 Å². The van der Waals surface area contributed by atoms with Gasteiger partial charge in [0.2, 0.25) is 0 Å². The molecule has 106 valence electrons. The molecule has 0 fully saturated rings. The first-order chi connectivity index (χ1) is 9.69. The van der Waals surface area contributed by atoms with Gasteiger partial charge in [-0.05, 0) is 17.9 Å². The van der Waals surface area contributed by atoms with Gasteiger partial charge in [-0.3, -0.25) is 9.67 Å². The Morgan fingerprint density at radius 1 is 1.50 bits per heavy atom. The largest absolute Gasteiger partial charge is 0.370 e. The second-order valence-electron chi connectivity index (χ2n) is 4.98. The van der Waals surface area contributed by atoms with Crippen LogP contribution in [0.4, 0.5) is 0 Å². The average Bonchev–Trinajstić information content (AvgIpc) is 3.13. The Bertz CT molecular complexity index is 614. The number of hydrogen-bond acceptors (Lipinski definition) is 5. The van der Waals surface area contributed by atoms with Gasteiger partial charge in [0.05, 0.1) is 24.8 Å². The van der Waals surface area contributed by atoms with E-state index in [0.717, 1.165) is 25.2 Å². The molecule has 0 saturated carbocycles. The van der Waals surface area contributed by atoms with Crippen molar-refractivity contribution in [3.63, 3.8) is 0 Å². The van der Waals surface area contributed by atoms with Crippen LogP contribution in [0.1, 0.15) is 29.1 Å². The molecular formula is C14H19N5S. The Kier molecular flexibility index (Phi) is 3.48. The van der Waals surface area contributed by atoms with E-state index >= 15 is 0 Å². The maximum absolute atomic E-state index is 6.07. The molecule has 1 atom stereocenters. The summed E-state index contributed by atoms with van der Waals surface area (Å²) in [6, 6.07) is 4.41. The van der Waals surface area contributed by atoms with Gasteiger partial charge in [0.25, 0.3) is 0 Å². The Morgan fingerprint density at radius 2 is 2.35 bits per heavy atom. The van der Waals surface area contributed by atoms with E-state index in [1.165, 1.54) is 10.4 Å². The molecule has 20 heavy (non-hydrogen) atoms. The van der Waals surface area contributed by atoms with Gasteiger partial charge < -0.3 is 10.6 Å². The van der Waals surface area contributed by atoms with Gasteiger partial charge in [0, 0.05) is 23.7 Å². The van der Waals surface area contributed by atoms with Gasteiger partial charge in [0.1, 0.15) is 0 Å². The number of rotatable bonds is 4. The molecule has 3 rings (SSSR count). The highest BCUT2D eigenvalue weighted by Crippen LogP contribution is 2.30. The topological polar surface area (TPSA) is 59.4 Å². The van der Waals surface area contributed by atoms with E-state index in [1.54, 1.807) is 11.3 Å². The van der Waals surface area contributed by atoms with Crippen LogP contribution in [0.3, 0.4) is 0 Å². The molecule has 2 N–H and O–H groups in total. The number of guanidine groups is 1. The van der Waals surface area contributed by atoms with Crippen molar-refractivity contribution in [1.29, 1.82) is 0 Å². The molecule has 2 aromatic rings. The highest BCUT2D eigenvalue weighted by molar-refractivity contribution is 7.09. The third kappa shape index (κ3) is 2.31. The molecule has 5 nitrogen and oxygen atoms in total. The number of hydrogen-bond donors (Lipinski definition) is 1. The van der Waals surface area contributed by atoms with Crippen LogP contribution in [0.5, 0.6) is 0 Å². The first kappa shape index (κ1) is 13.2. The highest BCUT2D eigenvalue weighted by atomic mass is 32.1. The molecule has 6 heteroatoms. The van der Waals surface area contributed by atoms with Crippen molar-refractivity contribution in [1.82, 2.24) is 14.7 Å². The van der Waals surface area contributed by atoms with E-state index in [2.05, 4.69) is 45.6 Å². The average molecular weight is 289 g/mol. The van der Waals surface area contributed by atoms with Crippen LogP contribution in [0.2, 0.25) is 0 Å². The minimum atomic E-state index is 0.209. The summed E-state index contributed by atoms with van der Waals surface area (Å²) in [7, 11) is 1.96. The minimum absolute atomic E-state index is 0.209. The lowest BCUT2D eigenvalue weighted by atomic mass is 10.1. The van der Waals surface area contributed by atoms with Crippen LogP contribution in [0, 0.1) is 0 Å². The first-order valence-corrected chi connectivity index (χ1v) is 7.68. The quantitative estimate of drug-likeness (QED) is 0.935. The van der Waals surface area contributed by atoms with E-state index in [4.69, 9.17) is 5.73 Å². The van der Waals surface area contributed by atoms with E-state index in [0.29, 0.717) is 5.96 Å². The Labute approximate surface area is 122 Å². The number of aromatic nitrogens is 2. The molecule has 0 amide bonds. The lowest BCUT2D eigenvalue weighted by Gasteiger charge is -2.25. The van der Waals surface area contributed by atoms with E-state index in [9.17, 15) is 0 Å². The standard InChI is InChI=1S/C14H19N5S/c1-3-12-11(9-18(2)17-12)13-7-16-14(15)19(13)8-10-5-4-6-20-10/h4-6,9,13H,3,7-8H2,1-2H3,(H2,15,16). The maximum atomic E-state index is 6.07. The summed E-state index contributed by atoms with van der Waals surface area (Å²) in [4.78, 5) is 7.91. The van der Waals surface area contributed by atoms with Crippen LogP contribution < -0.4 is 5.73 Å². The van der Waals surface area contributed by atoms with Gasteiger partial charge >= 0.3 is 0 Å². The second kappa shape index (κ2) is 5.28. The van der Waals surface area contributed by atoms with Crippen molar-refractivity contribution in [2.75, 3.05) is 6.54 Å². The SMILES string of the molecule is CCc1nn(C)cc1C1CN=C(N)N1Cc1cccs1. The lowest BCUT2D eigenvalue weighted by molar-refractivity contribution is 0.341. The van der Waals surface area contributed by atoms with Crippen molar-refractivity contribution in [3.8, 4) is 0 Å². The normalized spacial score (nSPS) is 18.6. The maximum Gasteiger partial charge on any atom is 0.192 e. The van der Waals surface area contributed by atoms with Crippen LogP contribution in [-0.4, -0.2) is 27.2 Å². The third-order valence-corrected chi connectivity index (χ3v) is 4.50. The molecule has 0 aliphatic carbocycles. The van der Waals surface area contributed by atoms with E-state index in [-0.39, 0.29) is 6.04 Å². The van der Waals surface area contributed by atoms with E-state index in [1.807, 2.05) is 11.7 Å². The summed E-state index contributed by atoms with van der Waals surface area (Å²) < 4.78 is 1.88. The van der Waals surface area contributed by atoms with Crippen LogP contribution in [0.15, 0.2) is 28.7 Å². The van der Waals surface area contributed by atoms with Gasteiger partial charge in [-0.1, -0.05) is 13.0 Å². The molecule has 2 aromatic heterocycles. The predicted octanol–water partition coefficient (Wildman–Crippen LogP) is 1.92. The molecule has 0 aromatic carbocycles. The summed E-state index contributed by atoms with van der Waals surface area (Å²) in [6.45, 7) is 3.67. The van der Waals surface area contributed by atoms with Crippen LogP contribution in [-0.2, 0) is 20.0 Å². The summed E-state index contributed by atoms with van der Waals surface area (Å²) >= 11 is 1.75.